The number of imidazole rings is 1. The standard InChI is InChI=1S/C19H20ClN5/c20-19-24-17-15(22-16(23-17)13-8-4-5-9-13)18-21-14(11-25(18)19)10-12-6-2-1-3-7-12/h1-3,6-7,13-14,21H,4-5,8-11H2/t14-/m1/s1. The van der Waals surface area contributed by atoms with E-state index in [0.717, 1.165) is 30.3 Å². The Kier molecular flexibility index (Phi) is 3.63. The number of fused-ring (bicyclic) bond motifs is 3. The Hall–Kier alpha value is -2.14. The highest BCUT2D eigenvalue weighted by atomic mass is 35.5. The summed E-state index contributed by atoms with van der Waals surface area (Å²) in [6, 6.07) is 10.8. The average Bonchev–Trinajstić information content (AvgIpc) is 3.34. The van der Waals surface area contributed by atoms with Crippen LogP contribution in [0.15, 0.2) is 30.3 Å². The van der Waals surface area contributed by atoms with Crippen LogP contribution in [0.2, 0.25) is 5.28 Å². The Morgan fingerprint density at radius 3 is 2.68 bits per heavy atom. The molecular formula is C19H20ClN5. The maximum Gasteiger partial charge on any atom is 0.206 e. The molecular weight excluding hydrogens is 334 g/mol. The van der Waals surface area contributed by atoms with Crippen molar-refractivity contribution in [2.75, 3.05) is 5.32 Å². The Morgan fingerprint density at radius 2 is 1.88 bits per heavy atom. The summed E-state index contributed by atoms with van der Waals surface area (Å²) in [6.45, 7) is 0.803. The van der Waals surface area contributed by atoms with Gasteiger partial charge in [0.25, 0.3) is 0 Å². The van der Waals surface area contributed by atoms with Crippen molar-refractivity contribution in [2.24, 2.45) is 0 Å². The van der Waals surface area contributed by atoms with E-state index in [4.69, 9.17) is 16.6 Å². The number of nitrogens with zero attached hydrogens (tertiary/aromatic N) is 4. The van der Waals surface area contributed by atoms with Crippen LogP contribution in [0.4, 0.5) is 5.82 Å². The van der Waals surface area contributed by atoms with Gasteiger partial charge in [0.05, 0.1) is 0 Å². The van der Waals surface area contributed by atoms with Crippen molar-refractivity contribution >= 4 is 17.4 Å². The molecule has 0 aromatic heterocycles. The molecule has 1 aromatic rings. The van der Waals surface area contributed by atoms with E-state index >= 15 is 0 Å². The summed E-state index contributed by atoms with van der Waals surface area (Å²) in [4.78, 5) is 14.0. The molecule has 1 aromatic carbocycles. The Balaban J connectivity index is 1.47. The molecule has 1 N–H and O–H groups in total. The van der Waals surface area contributed by atoms with E-state index in [9.17, 15) is 0 Å². The van der Waals surface area contributed by atoms with Crippen LogP contribution in [-0.2, 0) is 13.0 Å². The second-order valence-electron chi connectivity index (χ2n) is 7.11. The number of aromatic nitrogens is 4. The first-order valence-corrected chi connectivity index (χ1v) is 9.40. The second kappa shape index (κ2) is 5.99. The molecule has 1 saturated carbocycles. The van der Waals surface area contributed by atoms with E-state index in [1.165, 1.54) is 31.2 Å². The molecule has 6 heteroatoms. The van der Waals surface area contributed by atoms with Gasteiger partial charge in [-0.25, -0.2) is 9.97 Å². The summed E-state index contributed by atoms with van der Waals surface area (Å²) >= 11 is 6.43. The summed E-state index contributed by atoms with van der Waals surface area (Å²) in [5.74, 6) is 3.06. The van der Waals surface area contributed by atoms with Gasteiger partial charge in [-0.1, -0.05) is 43.2 Å². The summed E-state index contributed by atoms with van der Waals surface area (Å²) in [5.41, 5.74) is 2.18. The van der Waals surface area contributed by atoms with Crippen LogP contribution >= 0.6 is 11.6 Å². The molecule has 5 rings (SSSR count). The first kappa shape index (κ1) is 15.1. The first-order chi connectivity index (χ1) is 12.3. The van der Waals surface area contributed by atoms with Crippen LogP contribution in [0.25, 0.3) is 11.5 Å². The molecule has 3 heterocycles. The minimum atomic E-state index is 0.291. The SMILES string of the molecule is Clc1nc2nc(C3CCCC3)nc-2c2n1C[C@@H](Cc1ccccc1)N2. The fourth-order valence-corrected chi connectivity index (χ4v) is 4.34. The molecule has 1 atom stereocenters. The first-order valence-electron chi connectivity index (χ1n) is 9.02. The van der Waals surface area contributed by atoms with Crippen LogP contribution in [0.1, 0.15) is 43.0 Å². The van der Waals surface area contributed by atoms with Gasteiger partial charge in [-0.2, -0.15) is 4.98 Å². The van der Waals surface area contributed by atoms with Gasteiger partial charge in [0.2, 0.25) is 5.28 Å². The van der Waals surface area contributed by atoms with Crippen LogP contribution in [0.5, 0.6) is 0 Å². The fraction of sp³-hybridized carbons (Fsp3) is 0.421. The molecule has 0 saturated heterocycles. The predicted octanol–water partition coefficient (Wildman–Crippen LogP) is 4.13. The van der Waals surface area contributed by atoms with Gasteiger partial charge >= 0.3 is 0 Å². The number of nitrogens with one attached hydrogen (secondary N) is 1. The lowest BCUT2D eigenvalue weighted by Crippen LogP contribution is -2.19. The normalized spacial score (nSPS) is 20.1. The number of rotatable bonds is 3. The van der Waals surface area contributed by atoms with Crippen molar-refractivity contribution < 1.29 is 0 Å². The van der Waals surface area contributed by atoms with E-state index in [-0.39, 0.29) is 0 Å². The van der Waals surface area contributed by atoms with Gasteiger partial charge in [0.1, 0.15) is 11.6 Å². The number of hydrogen-bond donors (Lipinski definition) is 1. The number of anilines is 1. The van der Waals surface area contributed by atoms with Crippen molar-refractivity contribution in [3.8, 4) is 11.5 Å². The Morgan fingerprint density at radius 1 is 1.08 bits per heavy atom. The maximum atomic E-state index is 6.43. The van der Waals surface area contributed by atoms with Gasteiger partial charge in [-0.15, -0.1) is 0 Å². The quantitative estimate of drug-likeness (QED) is 0.719. The smallest absolute Gasteiger partial charge is 0.206 e. The van der Waals surface area contributed by atoms with E-state index in [1.807, 2.05) is 10.6 Å². The Bertz CT molecular complexity index is 869. The van der Waals surface area contributed by atoms with E-state index in [1.54, 1.807) is 0 Å². The highest BCUT2D eigenvalue weighted by Crippen LogP contribution is 2.38. The zero-order valence-electron chi connectivity index (χ0n) is 14.0. The molecule has 25 heavy (non-hydrogen) atoms. The summed E-state index contributed by atoms with van der Waals surface area (Å²) in [5, 5.41) is 4.10. The molecule has 5 nitrogen and oxygen atoms in total. The van der Waals surface area contributed by atoms with Crippen molar-refractivity contribution in [3.63, 3.8) is 0 Å². The maximum absolute atomic E-state index is 6.43. The molecule has 4 aliphatic rings. The summed E-state index contributed by atoms with van der Waals surface area (Å²) in [6.07, 6.45) is 5.86. The summed E-state index contributed by atoms with van der Waals surface area (Å²) < 4.78 is 2.03. The zero-order chi connectivity index (χ0) is 16.8. The number of halogens is 1. The lowest BCUT2D eigenvalue weighted by Gasteiger charge is -2.10. The van der Waals surface area contributed by atoms with Gasteiger partial charge in [-0.3, -0.25) is 4.57 Å². The highest BCUT2D eigenvalue weighted by Gasteiger charge is 2.31. The third kappa shape index (κ3) is 2.67. The lowest BCUT2D eigenvalue weighted by molar-refractivity contribution is 0.638. The lowest BCUT2D eigenvalue weighted by atomic mass is 10.1. The molecule has 0 spiro atoms. The van der Waals surface area contributed by atoms with Gasteiger partial charge in [-0.05, 0) is 36.4 Å². The Labute approximate surface area is 151 Å². The van der Waals surface area contributed by atoms with Crippen molar-refractivity contribution in [2.45, 2.75) is 50.6 Å². The topological polar surface area (TPSA) is 55.6 Å². The van der Waals surface area contributed by atoms with Crippen molar-refractivity contribution in [3.05, 3.63) is 47.0 Å². The van der Waals surface area contributed by atoms with Crippen molar-refractivity contribution in [1.29, 1.82) is 0 Å². The van der Waals surface area contributed by atoms with E-state index in [0.29, 0.717) is 23.1 Å². The molecule has 1 fully saturated rings. The van der Waals surface area contributed by atoms with Crippen LogP contribution < -0.4 is 5.32 Å². The summed E-state index contributed by atoms with van der Waals surface area (Å²) in [7, 11) is 0. The molecule has 0 unspecified atom stereocenters. The van der Waals surface area contributed by atoms with Crippen LogP contribution in [0.3, 0.4) is 0 Å². The average molecular weight is 354 g/mol. The van der Waals surface area contributed by atoms with Gasteiger partial charge < -0.3 is 5.32 Å². The largest absolute Gasteiger partial charge is 0.365 e. The molecule has 0 radical (unpaired) electrons. The van der Waals surface area contributed by atoms with E-state index in [2.05, 4.69) is 39.6 Å². The fourth-order valence-electron chi connectivity index (χ4n) is 4.11. The molecule has 1 aliphatic carbocycles. The molecule has 0 amide bonds. The molecule has 128 valence electrons. The van der Waals surface area contributed by atoms with Crippen LogP contribution in [0, 0.1) is 0 Å². The number of hydrogen-bond acceptors (Lipinski definition) is 4. The third-order valence-electron chi connectivity index (χ3n) is 5.36. The predicted molar refractivity (Wildman–Crippen MR) is 98.2 cm³/mol. The van der Waals surface area contributed by atoms with Crippen LogP contribution in [-0.4, -0.2) is 25.6 Å². The van der Waals surface area contributed by atoms with Gasteiger partial charge in [0, 0.05) is 18.5 Å². The molecule has 3 aliphatic heterocycles. The second-order valence-corrected chi connectivity index (χ2v) is 7.44. The highest BCUT2D eigenvalue weighted by molar-refractivity contribution is 6.28. The van der Waals surface area contributed by atoms with Gasteiger partial charge in [0.15, 0.2) is 11.5 Å². The zero-order valence-corrected chi connectivity index (χ0v) is 14.7. The van der Waals surface area contributed by atoms with Crippen molar-refractivity contribution in [1.82, 2.24) is 19.5 Å². The molecule has 0 bridgehead atoms. The van der Waals surface area contributed by atoms with E-state index < -0.39 is 0 Å². The third-order valence-corrected chi connectivity index (χ3v) is 5.65. The number of benzene rings is 1. The minimum absolute atomic E-state index is 0.291. The monoisotopic (exact) mass is 353 g/mol. The minimum Gasteiger partial charge on any atom is -0.365 e.